The summed E-state index contributed by atoms with van der Waals surface area (Å²) in [6, 6.07) is -0.554. The maximum Gasteiger partial charge on any atom is 0.305 e. The summed E-state index contributed by atoms with van der Waals surface area (Å²) in [4.78, 5) is 24.6. The molecule has 1 amide bonds. The Labute approximate surface area is 436 Å². The van der Waals surface area contributed by atoms with Crippen LogP contribution in [0.4, 0.5) is 0 Å². The summed E-state index contributed by atoms with van der Waals surface area (Å²) in [6.45, 7) is 4.91. The average molecular weight is 985 g/mol. The molecule has 0 aliphatic rings. The molecule has 0 saturated carbocycles. The smallest absolute Gasteiger partial charge is 0.305 e. The normalized spacial score (nSPS) is 12.8. The molecule has 2 unspecified atom stereocenters. The van der Waals surface area contributed by atoms with Gasteiger partial charge in [-0.3, -0.25) is 9.59 Å². The number of aliphatic hydroxyl groups excluding tert-OH is 2. The number of ether oxygens (including phenoxy) is 1. The van der Waals surface area contributed by atoms with Crippen molar-refractivity contribution in [2.75, 3.05) is 13.2 Å². The maximum absolute atomic E-state index is 12.5. The molecule has 0 fully saturated rings. The van der Waals surface area contributed by atoms with Crippen molar-refractivity contribution in [3.8, 4) is 0 Å². The molecule has 412 valence electrons. The van der Waals surface area contributed by atoms with Crippen molar-refractivity contribution in [3.05, 3.63) is 36.5 Å². The SMILES string of the molecule is CCCCC/C=C\C/C=C\CCCCCCCCCCCC(=O)OCCCCCC/C=C\CCCCCCCCCC(=O)NC(CO)C(O)CCCCCCCCCCCCCCCCCCCCC. The van der Waals surface area contributed by atoms with Crippen LogP contribution >= 0.6 is 0 Å². The molecule has 0 bridgehead atoms. The predicted molar refractivity (Wildman–Crippen MR) is 306 cm³/mol. The molecule has 0 aromatic heterocycles. The predicted octanol–water partition coefficient (Wildman–Crippen LogP) is 19.6. The zero-order valence-electron chi connectivity index (χ0n) is 47.0. The molecule has 0 saturated heterocycles. The molecule has 0 radical (unpaired) electrons. The van der Waals surface area contributed by atoms with Crippen LogP contribution in [0.1, 0.15) is 335 Å². The van der Waals surface area contributed by atoms with Gasteiger partial charge < -0.3 is 20.3 Å². The second-order valence-corrected chi connectivity index (χ2v) is 21.4. The van der Waals surface area contributed by atoms with Gasteiger partial charge in [-0.05, 0) is 83.5 Å². The van der Waals surface area contributed by atoms with E-state index in [4.69, 9.17) is 4.74 Å². The fraction of sp³-hybridized carbons (Fsp3) is 0.875. The average Bonchev–Trinajstić information content (AvgIpc) is 3.36. The van der Waals surface area contributed by atoms with Crippen molar-refractivity contribution in [1.82, 2.24) is 5.32 Å². The molecular weight excluding hydrogens is 863 g/mol. The number of unbranched alkanes of at least 4 members (excludes halogenated alkanes) is 41. The minimum absolute atomic E-state index is 0.0133. The number of allylic oxidation sites excluding steroid dienone is 6. The summed E-state index contributed by atoms with van der Waals surface area (Å²) in [7, 11) is 0. The third kappa shape index (κ3) is 55.4. The van der Waals surface area contributed by atoms with E-state index < -0.39 is 12.1 Å². The summed E-state index contributed by atoms with van der Waals surface area (Å²) in [5.74, 6) is -0.0614. The van der Waals surface area contributed by atoms with Gasteiger partial charge in [0.2, 0.25) is 5.91 Å². The Morgan fingerprint density at radius 2 is 0.714 bits per heavy atom. The van der Waals surface area contributed by atoms with Crippen molar-refractivity contribution < 1.29 is 24.5 Å². The molecule has 0 heterocycles. The van der Waals surface area contributed by atoms with E-state index in [0.717, 1.165) is 77.0 Å². The molecular formula is C64H121NO5. The second kappa shape index (κ2) is 59.6. The van der Waals surface area contributed by atoms with Gasteiger partial charge in [0.05, 0.1) is 25.4 Å². The van der Waals surface area contributed by atoms with Gasteiger partial charge in [0.25, 0.3) is 0 Å². The number of aliphatic hydroxyl groups is 2. The molecule has 0 rings (SSSR count). The van der Waals surface area contributed by atoms with Crippen LogP contribution in [0.15, 0.2) is 36.5 Å². The zero-order chi connectivity index (χ0) is 50.7. The van der Waals surface area contributed by atoms with Gasteiger partial charge in [-0.2, -0.15) is 0 Å². The fourth-order valence-corrected chi connectivity index (χ4v) is 9.61. The minimum Gasteiger partial charge on any atom is -0.466 e. The van der Waals surface area contributed by atoms with E-state index in [1.165, 1.54) is 225 Å². The number of esters is 1. The van der Waals surface area contributed by atoms with E-state index in [1.54, 1.807) is 0 Å². The van der Waals surface area contributed by atoms with Gasteiger partial charge in [0.1, 0.15) is 0 Å². The highest BCUT2D eigenvalue weighted by Gasteiger charge is 2.20. The Bertz CT molecular complexity index is 1130. The van der Waals surface area contributed by atoms with E-state index in [0.29, 0.717) is 25.9 Å². The van der Waals surface area contributed by atoms with Crippen LogP contribution in [-0.4, -0.2) is 47.4 Å². The van der Waals surface area contributed by atoms with Gasteiger partial charge in [0, 0.05) is 12.8 Å². The highest BCUT2D eigenvalue weighted by atomic mass is 16.5. The Kier molecular flexibility index (Phi) is 58.0. The summed E-state index contributed by atoms with van der Waals surface area (Å²) >= 11 is 0. The highest BCUT2D eigenvalue weighted by molar-refractivity contribution is 5.76. The third-order valence-electron chi connectivity index (χ3n) is 14.4. The van der Waals surface area contributed by atoms with Crippen LogP contribution in [0.5, 0.6) is 0 Å². The number of hydrogen-bond donors (Lipinski definition) is 3. The second-order valence-electron chi connectivity index (χ2n) is 21.4. The molecule has 6 heteroatoms. The first-order valence-electron chi connectivity index (χ1n) is 31.2. The van der Waals surface area contributed by atoms with E-state index in [-0.39, 0.29) is 18.5 Å². The van der Waals surface area contributed by atoms with Crippen LogP contribution in [0, 0.1) is 0 Å². The largest absolute Gasteiger partial charge is 0.466 e. The van der Waals surface area contributed by atoms with Gasteiger partial charge in [-0.25, -0.2) is 0 Å². The van der Waals surface area contributed by atoms with Crippen molar-refractivity contribution in [1.29, 1.82) is 0 Å². The molecule has 0 aromatic carbocycles. The molecule has 0 spiro atoms. The lowest BCUT2D eigenvalue weighted by atomic mass is 10.0. The summed E-state index contributed by atoms with van der Waals surface area (Å²) in [5, 5.41) is 23.3. The highest BCUT2D eigenvalue weighted by Crippen LogP contribution is 2.17. The number of hydrogen-bond acceptors (Lipinski definition) is 5. The lowest BCUT2D eigenvalue weighted by Gasteiger charge is -2.22. The molecule has 6 nitrogen and oxygen atoms in total. The third-order valence-corrected chi connectivity index (χ3v) is 14.4. The molecule has 0 aliphatic carbocycles. The summed E-state index contributed by atoms with van der Waals surface area (Å²) in [5.41, 5.74) is 0. The fourth-order valence-electron chi connectivity index (χ4n) is 9.61. The molecule has 70 heavy (non-hydrogen) atoms. The first kappa shape index (κ1) is 68.1. The van der Waals surface area contributed by atoms with Gasteiger partial charge in [0.15, 0.2) is 0 Å². The molecule has 0 aromatic rings. The van der Waals surface area contributed by atoms with Crippen molar-refractivity contribution >= 4 is 11.9 Å². The number of nitrogens with one attached hydrogen (secondary N) is 1. The van der Waals surface area contributed by atoms with E-state index >= 15 is 0 Å². The monoisotopic (exact) mass is 984 g/mol. The van der Waals surface area contributed by atoms with Crippen LogP contribution in [0.3, 0.4) is 0 Å². The van der Waals surface area contributed by atoms with Crippen LogP contribution in [0.25, 0.3) is 0 Å². The first-order valence-corrected chi connectivity index (χ1v) is 31.2. The maximum atomic E-state index is 12.5. The lowest BCUT2D eigenvalue weighted by Crippen LogP contribution is -2.45. The van der Waals surface area contributed by atoms with E-state index in [2.05, 4.69) is 55.6 Å². The first-order chi connectivity index (χ1) is 34.5. The lowest BCUT2D eigenvalue weighted by molar-refractivity contribution is -0.143. The van der Waals surface area contributed by atoms with Crippen LogP contribution in [-0.2, 0) is 14.3 Å². The Balaban J connectivity index is 3.46. The van der Waals surface area contributed by atoms with Crippen LogP contribution < -0.4 is 5.32 Å². The molecule has 2 atom stereocenters. The van der Waals surface area contributed by atoms with E-state index in [9.17, 15) is 19.8 Å². The topological polar surface area (TPSA) is 95.9 Å². The van der Waals surface area contributed by atoms with Crippen molar-refractivity contribution in [2.24, 2.45) is 0 Å². The summed E-state index contributed by atoms with van der Waals surface area (Å²) in [6.07, 6.45) is 74.3. The summed E-state index contributed by atoms with van der Waals surface area (Å²) < 4.78 is 5.48. The van der Waals surface area contributed by atoms with Gasteiger partial charge >= 0.3 is 5.97 Å². The van der Waals surface area contributed by atoms with Gasteiger partial charge in [-0.15, -0.1) is 0 Å². The molecule has 3 N–H and O–H groups in total. The Morgan fingerprint density at radius 3 is 1.13 bits per heavy atom. The number of carbonyl (C=O) groups excluding carboxylic acids is 2. The number of rotatable bonds is 58. The standard InChI is InChI=1S/C64H121NO5/c1-3-5-7-9-11-13-15-17-19-21-23-25-28-32-36-40-44-48-52-56-62(67)61(60-66)65-63(68)57-53-49-45-41-37-33-29-27-31-35-39-43-47-51-55-59-70-64(69)58-54-50-46-42-38-34-30-26-24-22-20-18-16-14-12-10-8-6-4-2/h12,14,18,20,31,35,61-62,66-67H,3-11,13,15-17,19,21-30,32-34,36-60H2,1-2H3,(H,65,68)/b14-12-,20-18-,35-31-. The zero-order valence-corrected chi connectivity index (χ0v) is 47.0. The quantitative estimate of drug-likeness (QED) is 0.0321. The Morgan fingerprint density at radius 1 is 0.400 bits per heavy atom. The van der Waals surface area contributed by atoms with Crippen LogP contribution in [0.2, 0.25) is 0 Å². The van der Waals surface area contributed by atoms with Crippen molar-refractivity contribution in [2.45, 2.75) is 347 Å². The number of carbonyl (C=O) groups is 2. The Hall–Kier alpha value is -1.92. The van der Waals surface area contributed by atoms with Crippen molar-refractivity contribution in [3.63, 3.8) is 0 Å². The van der Waals surface area contributed by atoms with E-state index in [1.807, 2.05) is 0 Å². The van der Waals surface area contributed by atoms with Gasteiger partial charge in [-0.1, -0.05) is 275 Å². The minimum atomic E-state index is -0.676. The molecule has 0 aliphatic heterocycles. The number of amides is 1.